The maximum Gasteiger partial charge on any atom is 0.320 e. The summed E-state index contributed by atoms with van der Waals surface area (Å²) in [6, 6.07) is -0.542. The Morgan fingerprint density at radius 3 is 2.40 bits per heavy atom. The summed E-state index contributed by atoms with van der Waals surface area (Å²) in [5, 5.41) is 19.8. The monoisotopic (exact) mass is 165 g/mol. The van der Waals surface area contributed by atoms with Gasteiger partial charge in [-0.15, -0.1) is 0 Å². The van der Waals surface area contributed by atoms with Crippen molar-refractivity contribution in [3.05, 3.63) is 0 Å². The number of aliphatic carboxylic acids is 1. The molecule has 0 aromatic heterocycles. The van der Waals surface area contributed by atoms with Crippen LogP contribution in [-0.4, -0.2) is 34.9 Å². The Morgan fingerprint density at radius 1 is 1.60 bits per heavy atom. The Hall–Kier alpha value is -0.180. The van der Waals surface area contributed by atoms with Crippen molar-refractivity contribution < 1.29 is 15.0 Å². The Kier molecular flexibility index (Phi) is 3.79. The first-order chi connectivity index (χ1) is 4.20. The third-order valence-corrected chi connectivity index (χ3v) is 1.41. The number of aliphatic hydroxyl groups is 1. The maximum absolute atomic E-state index is 10.2. The summed E-state index contributed by atoms with van der Waals surface area (Å²) in [4.78, 5) is 10.2. The lowest BCUT2D eigenvalue weighted by Crippen LogP contribution is -2.29. The van der Waals surface area contributed by atoms with Gasteiger partial charge in [0.2, 0.25) is 0 Å². The summed E-state index contributed by atoms with van der Waals surface area (Å²) < 4.78 is 0. The maximum atomic E-state index is 10.2. The van der Waals surface area contributed by atoms with E-state index in [-0.39, 0.29) is 9.90 Å². The van der Waals surface area contributed by atoms with E-state index in [2.05, 4.69) is 5.32 Å². The quantitative estimate of drug-likeness (QED) is 0.429. The number of hydrogen-bond acceptors (Lipinski definition) is 3. The van der Waals surface area contributed by atoms with E-state index >= 15 is 0 Å². The molecule has 0 spiro atoms. The number of nitrogens with one attached hydrogen (secondary N) is 1. The fraction of sp³-hybridized carbons (Fsp3) is 0.800. The van der Waals surface area contributed by atoms with Crippen molar-refractivity contribution in [3.8, 4) is 0 Å². The lowest BCUT2D eigenvalue weighted by atomic mass is 10.2. The van der Waals surface area contributed by atoms with Crippen LogP contribution in [0.5, 0.6) is 0 Å². The number of rotatable bonds is 1. The minimum absolute atomic E-state index is 0. The summed E-state index contributed by atoms with van der Waals surface area (Å²) in [6.07, 6.45) is -0.152. The third-order valence-electron chi connectivity index (χ3n) is 1.41. The fourth-order valence-electron chi connectivity index (χ4n) is 0.905. The zero-order valence-corrected chi connectivity index (χ0v) is 6.99. The molecule has 1 unspecified atom stereocenters. The van der Waals surface area contributed by atoms with Crippen LogP contribution >= 0.6 is 9.90 Å². The molecule has 0 radical (unpaired) electrons. The molecule has 3 atom stereocenters. The molecule has 1 saturated heterocycles. The lowest BCUT2D eigenvalue weighted by molar-refractivity contribution is -0.139. The molecular weight excluding hydrogens is 153 g/mol. The van der Waals surface area contributed by atoms with E-state index < -0.39 is 18.1 Å². The van der Waals surface area contributed by atoms with Gasteiger partial charge in [-0.2, -0.15) is 9.90 Å². The molecule has 60 valence electrons. The molecule has 0 aromatic carbocycles. The summed E-state index contributed by atoms with van der Waals surface area (Å²) in [5.74, 6) is -0.883. The molecule has 5 heteroatoms. The molecule has 0 bridgehead atoms. The van der Waals surface area contributed by atoms with Gasteiger partial charge < -0.3 is 15.5 Å². The second-order valence-corrected chi connectivity index (χ2v) is 2.19. The first-order valence-electron chi connectivity index (χ1n) is 2.84. The summed E-state index contributed by atoms with van der Waals surface area (Å²) in [7, 11) is 0. The first kappa shape index (κ1) is 9.82. The smallest absolute Gasteiger partial charge is 0.320 e. The van der Waals surface area contributed by atoms with Crippen LogP contribution in [0.25, 0.3) is 0 Å². The fourth-order valence-corrected chi connectivity index (χ4v) is 0.905. The van der Waals surface area contributed by atoms with Crippen molar-refractivity contribution in [3.63, 3.8) is 0 Å². The molecule has 0 aliphatic carbocycles. The van der Waals surface area contributed by atoms with Gasteiger partial charge in [-0.25, -0.2) is 0 Å². The molecule has 1 aliphatic heterocycles. The zero-order chi connectivity index (χ0) is 6.85. The highest BCUT2D eigenvalue weighted by Crippen LogP contribution is 2.05. The van der Waals surface area contributed by atoms with Crippen LogP contribution in [0.1, 0.15) is 6.42 Å². The summed E-state index contributed by atoms with van der Waals surface area (Å²) in [5.41, 5.74) is 0. The van der Waals surface area contributed by atoms with Crippen LogP contribution in [0.2, 0.25) is 0 Å². The van der Waals surface area contributed by atoms with Gasteiger partial charge in [0, 0.05) is 13.0 Å². The van der Waals surface area contributed by atoms with Crippen molar-refractivity contribution in [2.45, 2.75) is 18.6 Å². The average Bonchev–Trinajstić information content (AvgIpc) is 2.14. The topological polar surface area (TPSA) is 69.6 Å². The molecule has 1 rings (SSSR count). The number of aliphatic hydroxyl groups excluding tert-OH is 1. The van der Waals surface area contributed by atoms with Gasteiger partial charge >= 0.3 is 5.97 Å². The Bertz CT molecular complexity index is 130. The van der Waals surface area contributed by atoms with Crippen molar-refractivity contribution in [2.24, 2.45) is 0 Å². The van der Waals surface area contributed by atoms with Crippen LogP contribution in [0.3, 0.4) is 0 Å². The molecule has 1 aliphatic rings. The molecule has 3 N–H and O–H groups in total. The van der Waals surface area contributed by atoms with E-state index in [1.165, 1.54) is 0 Å². The van der Waals surface area contributed by atoms with E-state index in [0.717, 1.165) is 0 Å². The molecular formula is C5H12NO3P. The standard InChI is InChI=1S/C5H9NO3.H3P/c7-3-1-4(5(8)9)6-2-3;/h3-4,6-7H,1-2H2,(H,8,9);1H3/t3-,4+;/m1./s1. The Morgan fingerprint density at radius 2 is 2.20 bits per heavy atom. The zero-order valence-electron chi connectivity index (χ0n) is 5.58. The van der Waals surface area contributed by atoms with Gasteiger partial charge in [-0.3, -0.25) is 4.79 Å². The number of carboxylic acid groups (broad SMARTS) is 1. The highest BCUT2D eigenvalue weighted by molar-refractivity contribution is 6.92. The lowest BCUT2D eigenvalue weighted by Gasteiger charge is -1.99. The molecule has 4 nitrogen and oxygen atoms in total. The first-order valence-corrected chi connectivity index (χ1v) is 2.84. The van der Waals surface area contributed by atoms with Crippen molar-refractivity contribution in [2.75, 3.05) is 6.54 Å². The minimum atomic E-state index is -0.883. The van der Waals surface area contributed by atoms with E-state index in [1.807, 2.05) is 0 Å². The number of carboxylic acids is 1. The molecule has 10 heavy (non-hydrogen) atoms. The second kappa shape index (κ2) is 3.86. The minimum Gasteiger partial charge on any atom is -0.480 e. The molecule has 0 aromatic rings. The van der Waals surface area contributed by atoms with Crippen molar-refractivity contribution >= 4 is 15.9 Å². The second-order valence-electron chi connectivity index (χ2n) is 2.19. The van der Waals surface area contributed by atoms with Gasteiger partial charge in [0.15, 0.2) is 0 Å². The predicted molar refractivity (Wildman–Crippen MR) is 41.2 cm³/mol. The van der Waals surface area contributed by atoms with Crippen molar-refractivity contribution in [1.82, 2.24) is 5.32 Å². The van der Waals surface area contributed by atoms with Crippen LogP contribution in [-0.2, 0) is 4.79 Å². The predicted octanol–water partition coefficient (Wildman–Crippen LogP) is -1.15. The van der Waals surface area contributed by atoms with E-state index in [1.54, 1.807) is 0 Å². The highest BCUT2D eigenvalue weighted by Gasteiger charge is 2.27. The van der Waals surface area contributed by atoms with Gasteiger partial charge in [0.05, 0.1) is 6.10 Å². The largest absolute Gasteiger partial charge is 0.480 e. The Labute approximate surface area is 62.2 Å². The van der Waals surface area contributed by atoms with E-state index in [4.69, 9.17) is 10.2 Å². The molecule has 1 heterocycles. The summed E-state index contributed by atoms with van der Waals surface area (Å²) >= 11 is 0. The van der Waals surface area contributed by atoms with E-state index in [0.29, 0.717) is 13.0 Å². The summed E-state index contributed by atoms with van der Waals surface area (Å²) in [6.45, 7) is 0.400. The molecule has 0 saturated carbocycles. The van der Waals surface area contributed by atoms with Gasteiger partial charge in [-0.05, 0) is 0 Å². The van der Waals surface area contributed by atoms with Gasteiger partial charge in [0.25, 0.3) is 0 Å². The Balaban J connectivity index is 0.000000810. The molecule has 0 amide bonds. The molecule has 1 fully saturated rings. The normalized spacial score (nSPS) is 31.3. The number of hydrogen-bond donors (Lipinski definition) is 3. The SMILES string of the molecule is O=C(O)[C@@H]1C[C@@H](O)CN1.P. The highest BCUT2D eigenvalue weighted by atomic mass is 31.0. The van der Waals surface area contributed by atoms with Crippen LogP contribution in [0.4, 0.5) is 0 Å². The van der Waals surface area contributed by atoms with Crippen LogP contribution in [0, 0.1) is 0 Å². The number of β-amino-alcohol motifs (C(OH)–C–C–N with tert-alkyl or cyclic N) is 1. The number of carbonyl (C=O) groups is 1. The van der Waals surface area contributed by atoms with Gasteiger partial charge in [-0.1, -0.05) is 0 Å². The van der Waals surface area contributed by atoms with Crippen molar-refractivity contribution in [1.29, 1.82) is 0 Å². The average molecular weight is 165 g/mol. The van der Waals surface area contributed by atoms with E-state index in [9.17, 15) is 4.79 Å². The third kappa shape index (κ3) is 2.21. The van der Waals surface area contributed by atoms with Crippen LogP contribution in [0.15, 0.2) is 0 Å². The van der Waals surface area contributed by atoms with Gasteiger partial charge in [0.1, 0.15) is 6.04 Å². The van der Waals surface area contributed by atoms with Crippen LogP contribution < -0.4 is 5.32 Å².